The zero-order chi connectivity index (χ0) is 22.3. The standard InChI is InChI=1S/C19H20ClN3O7/c1-11(24)21-12-4-5-15(14(20)8-12)22-19(25)13-9-17(29-3)18(30-7-6-28-2)10-16(13)23(26)27/h4-5,8-10H,6-7H2,1-3H3,(H,21,24)(H,22,25). The maximum absolute atomic E-state index is 12.7. The summed E-state index contributed by atoms with van der Waals surface area (Å²) in [6.07, 6.45) is 0. The van der Waals surface area contributed by atoms with Crippen LogP contribution in [0.3, 0.4) is 0 Å². The Kier molecular flexibility index (Phi) is 7.96. The van der Waals surface area contributed by atoms with Crippen molar-refractivity contribution in [1.29, 1.82) is 0 Å². The summed E-state index contributed by atoms with van der Waals surface area (Å²) in [5.74, 6) is -0.791. The van der Waals surface area contributed by atoms with Gasteiger partial charge in [-0.05, 0) is 18.2 Å². The van der Waals surface area contributed by atoms with Crippen molar-refractivity contribution in [1.82, 2.24) is 0 Å². The number of benzene rings is 2. The number of ether oxygens (including phenoxy) is 3. The fraction of sp³-hybridized carbons (Fsp3) is 0.263. The van der Waals surface area contributed by atoms with Gasteiger partial charge in [-0.1, -0.05) is 11.6 Å². The lowest BCUT2D eigenvalue weighted by Crippen LogP contribution is -2.15. The lowest BCUT2D eigenvalue weighted by molar-refractivity contribution is -0.385. The predicted molar refractivity (Wildman–Crippen MR) is 111 cm³/mol. The molecule has 2 rings (SSSR count). The summed E-state index contributed by atoms with van der Waals surface area (Å²) in [4.78, 5) is 34.7. The number of nitrogens with zero attached hydrogens (tertiary/aromatic N) is 1. The number of carbonyl (C=O) groups is 2. The minimum Gasteiger partial charge on any atom is -0.493 e. The Morgan fingerprint density at radius 2 is 1.83 bits per heavy atom. The summed E-state index contributed by atoms with van der Waals surface area (Å²) >= 11 is 6.15. The molecule has 11 heteroatoms. The van der Waals surface area contributed by atoms with Gasteiger partial charge in [0, 0.05) is 25.8 Å². The van der Waals surface area contributed by atoms with Gasteiger partial charge in [0.25, 0.3) is 11.6 Å². The van der Waals surface area contributed by atoms with Crippen LogP contribution in [0.4, 0.5) is 17.1 Å². The summed E-state index contributed by atoms with van der Waals surface area (Å²) in [5, 5.41) is 16.7. The second kappa shape index (κ2) is 10.4. The molecule has 0 saturated heterocycles. The highest BCUT2D eigenvalue weighted by molar-refractivity contribution is 6.34. The Bertz CT molecular complexity index is 965. The van der Waals surface area contributed by atoms with E-state index in [1.54, 1.807) is 0 Å². The summed E-state index contributed by atoms with van der Waals surface area (Å²) in [7, 11) is 2.84. The Hall–Kier alpha value is -3.37. The zero-order valence-corrected chi connectivity index (χ0v) is 17.2. The number of hydrogen-bond donors (Lipinski definition) is 2. The van der Waals surface area contributed by atoms with Crippen molar-refractivity contribution >= 4 is 40.5 Å². The van der Waals surface area contributed by atoms with Gasteiger partial charge >= 0.3 is 0 Å². The molecule has 0 aliphatic rings. The van der Waals surface area contributed by atoms with E-state index in [0.717, 1.165) is 6.07 Å². The first-order chi connectivity index (χ1) is 14.3. The molecule has 0 radical (unpaired) electrons. The van der Waals surface area contributed by atoms with Crippen molar-refractivity contribution in [3.8, 4) is 11.5 Å². The minimum absolute atomic E-state index is 0.107. The van der Waals surface area contributed by atoms with Gasteiger partial charge in [-0.2, -0.15) is 0 Å². The van der Waals surface area contributed by atoms with Crippen molar-refractivity contribution in [3.05, 3.63) is 51.0 Å². The van der Waals surface area contributed by atoms with Crippen LogP contribution in [0.5, 0.6) is 11.5 Å². The number of nitro groups is 1. The fourth-order valence-corrected chi connectivity index (χ4v) is 2.70. The molecule has 0 spiro atoms. The average molecular weight is 438 g/mol. The molecule has 0 aliphatic carbocycles. The van der Waals surface area contributed by atoms with E-state index >= 15 is 0 Å². The van der Waals surface area contributed by atoms with Gasteiger partial charge in [-0.15, -0.1) is 0 Å². The molecule has 2 N–H and O–H groups in total. The number of rotatable bonds is 9. The van der Waals surface area contributed by atoms with Crippen molar-refractivity contribution < 1.29 is 28.7 Å². The highest BCUT2D eigenvalue weighted by Crippen LogP contribution is 2.35. The van der Waals surface area contributed by atoms with Crippen LogP contribution in [0.15, 0.2) is 30.3 Å². The van der Waals surface area contributed by atoms with Crippen LogP contribution in [0, 0.1) is 10.1 Å². The van der Waals surface area contributed by atoms with Crippen LogP contribution in [0.2, 0.25) is 5.02 Å². The van der Waals surface area contributed by atoms with Gasteiger partial charge in [-0.3, -0.25) is 19.7 Å². The molecule has 160 valence electrons. The number of halogens is 1. The first-order valence-corrected chi connectivity index (χ1v) is 9.01. The molecule has 0 unspecified atom stereocenters. The van der Waals surface area contributed by atoms with E-state index in [-0.39, 0.29) is 46.9 Å². The van der Waals surface area contributed by atoms with Crippen molar-refractivity contribution in [3.63, 3.8) is 0 Å². The second-order valence-corrected chi connectivity index (χ2v) is 6.36. The number of amides is 2. The van der Waals surface area contributed by atoms with Gasteiger partial charge in [0.1, 0.15) is 12.2 Å². The largest absolute Gasteiger partial charge is 0.493 e. The number of nitro benzene ring substituents is 1. The summed E-state index contributed by atoms with van der Waals surface area (Å²) in [5.41, 5.74) is -0.0511. The van der Waals surface area contributed by atoms with Gasteiger partial charge in [0.2, 0.25) is 5.91 Å². The monoisotopic (exact) mass is 437 g/mol. The Balaban J connectivity index is 2.34. The van der Waals surface area contributed by atoms with Crippen molar-refractivity contribution in [2.24, 2.45) is 0 Å². The lowest BCUT2D eigenvalue weighted by Gasteiger charge is -2.13. The normalized spacial score (nSPS) is 10.3. The molecule has 0 saturated carbocycles. The van der Waals surface area contributed by atoms with E-state index in [0.29, 0.717) is 5.69 Å². The van der Waals surface area contributed by atoms with E-state index in [1.165, 1.54) is 45.4 Å². The number of anilines is 2. The van der Waals surface area contributed by atoms with Crippen molar-refractivity contribution in [2.75, 3.05) is 38.1 Å². The molecule has 30 heavy (non-hydrogen) atoms. The molecule has 2 aromatic rings. The Labute approximate surface area is 177 Å². The van der Waals surface area contributed by atoms with Gasteiger partial charge < -0.3 is 24.8 Å². The topological polar surface area (TPSA) is 129 Å². The highest BCUT2D eigenvalue weighted by Gasteiger charge is 2.25. The third-order valence-corrected chi connectivity index (χ3v) is 4.12. The molecule has 2 amide bonds. The molecular weight excluding hydrogens is 418 g/mol. The number of methoxy groups -OCH3 is 2. The van der Waals surface area contributed by atoms with Crippen LogP contribution < -0.4 is 20.1 Å². The van der Waals surface area contributed by atoms with Crippen LogP contribution in [-0.4, -0.2) is 44.2 Å². The third kappa shape index (κ3) is 5.82. The molecule has 0 bridgehead atoms. The number of nitrogens with one attached hydrogen (secondary N) is 2. The summed E-state index contributed by atoms with van der Waals surface area (Å²) in [6, 6.07) is 6.78. The van der Waals surface area contributed by atoms with E-state index in [2.05, 4.69) is 10.6 Å². The SMILES string of the molecule is COCCOc1cc([N+](=O)[O-])c(C(=O)Nc2ccc(NC(C)=O)cc2Cl)cc1OC. The van der Waals surface area contributed by atoms with Crippen LogP contribution in [0.25, 0.3) is 0 Å². The predicted octanol–water partition coefficient (Wildman–Crippen LogP) is 3.49. The molecule has 0 aliphatic heterocycles. The van der Waals surface area contributed by atoms with Crippen molar-refractivity contribution in [2.45, 2.75) is 6.92 Å². The molecule has 0 atom stereocenters. The van der Waals surface area contributed by atoms with Crippen LogP contribution >= 0.6 is 11.6 Å². The molecule has 2 aromatic carbocycles. The summed E-state index contributed by atoms with van der Waals surface area (Å²) in [6.45, 7) is 1.76. The quantitative estimate of drug-likeness (QED) is 0.349. The third-order valence-electron chi connectivity index (χ3n) is 3.81. The zero-order valence-electron chi connectivity index (χ0n) is 16.5. The average Bonchev–Trinajstić information content (AvgIpc) is 2.69. The Morgan fingerprint density at radius 1 is 1.10 bits per heavy atom. The van der Waals surface area contributed by atoms with E-state index in [1.807, 2.05) is 0 Å². The molecule has 0 heterocycles. The molecular formula is C19H20ClN3O7. The minimum atomic E-state index is -0.766. The maximum atomic E-state index is 12.7. The highest BCUT2D eigenvalue weighted by atomic mass is 35.5. The number of hydrogen-bond acceptors (Lipinski definition) is 7. The number of carbonyl (C=O) groups excluding carboxylic acids is 2. The molecule has 0 fully saturated rings. The molecule has 0 aromatic heterocycles. The Morgan fingerprint density at radius 3 is 2.40 bits per heavy atom. The van der Waals surface area contributed by atoms with Gasteiger partial charge in [0.15, 0.2) is 11.5 Å². The fourth-order valence-electron chi connectivity index (χ4n) is 2.48. The maximum Gasteiger partial charge on any atom is 0.286 e. The lowest BCUT2D eigenvalue weighted by atomic mass is 10.1. The van der Waals surface area contributed by atoms with E-state index < -0.39 is 16.5 Å². The van der Waals surface area contributed by atoms with E-state index in [9.17, 15) is 19.7 Å². The van der Waals surface area contributed by atoms with Gasteiger partial charge in [-0.25, -0.2) is 0 Å². The van der Waals surface area contributed by atoms with Crippen LogP contribution in [0.1, 0.15) is 17.3 Å². The smallest absolute Gasteiger partial charge is 0.286 e. The first kappa shape index (κ1) is 22.9. The van der Waals surface area contributed by atoms with Crippen LogP contribution in [-0.2, 0) is 9.53 Å². The van der Waals surface area contributed by atoms with Gasteiger partial charge in [0.05, 0.1) is 35.4 Å². The summed E-state index contributed by atoms with van der Waals surface area (Å²) < 4.78 is 15.5. The molecule has 10 nitrogen and oxygen atoms in total. The second-order valence-electron chi connectivity index (χ2n) is 5.95. The first-order valence-electron chi connectivity index (χ1n) is 8.63. The van der Waals surface area contributed by atoms with E-state index in [4.69, 9.17) is 25.8 Å².